The van der Waals surface area contributed by atoms with Gasteiger partial charge in [0.1, 0.15) is 0 Å². The van der Waals surface area contributed by atoms with Gasteiger partial charge in [0.25, 0.3) is 0 Å². The van der Waals surface area contributed by atoms with Gasteiger partial charge in [-0.15, -0.1) is 0 Å². The number of thioether (sulfide) groups is 1. The van der Waals surface area contributed by atoms with E-state index in [2.05, 4.69) is 66.5 Å². The lowest BCUT2D eigenvalue weighted by Crippen LogP contribution is -2.39. The van der Waals surface area contributed by atoms with Gasteiger partial charge in [0.05, 0.1) is 11.4 Å². The standard InChI is InChI=1S/C26H31N3OS/c1-20-24(18-23-10-6-3-7-11-23)28-26(27-20)31-19-25(30)29-16-14-22(15-17-29)13-12-21-8-4-2-5-9-21/h2-11,22H,12-19H2,1H3,(H,27,28). The van der Waals surface area contributed by atoms with Crippen molar-refractivity contribution in [1.82, 2.24) is 14.9 Å². The normalized spacial score (nSPS) is 14.7. The Morgan fingerprint density at radius 3 is 2.35 bits per heavy atom. The summed E-state index contributed by atoms with van der Waals surface area (Å²) in [5, 5.41) is 0.842. The number of hydrogen-bond donors (Lipinski definition) is 1. The number of piperidine rings is 1. The molecule has 5 heteroatoms. The highest BCUT2D eigenvalue weighted by Crippen LogP contribution is 2.24. The summed E-state index contributed by atoms with van der Waals surface area (Å²) in [5.74, 6) is 1.40. The Bertz CT molecular complexity index is 963. The molecule has 0 aliphatic carbocycles. The number of carbonyl (C=O) groups excluding carboxylic acids is 1. The van der Waals surface area contributed by atoms with Gasteiger partial charge in [-0.25, -0.2) is 4.98 Å². The van der Waals surface area contributed by atoms with Crippen molar-refractivity contribution in [2.75, 3.05) is 18.8 Å². The Morgan fingerprint density at radius 1 is 1.03 bits per heavy atom. The molecule has 2 aromatic carbocycles. The van der Waals surface area contributed by atoms with E-state index in [1.807, 2.05) is 11.0 Å². The summed E-state index contributed by atoms with van der Waals surface area (Å²) in [7, 11) is 0. The van der Waals surface area contributed by atoms with Gasteiger partial charge in [-0.2, -0.15) is 0 Å². The second-order valence-electron chi connectivity index (χ2n) is 8.41. The lowest BCUT2D eigenvalue weighted by atomic mass is 9.90. The van der Waals surface area contributed by atoms with Crippen molar-refractivity contribution in [3.8, 4) is 0 Å². The fourth-order valence-electron chi connectivity index (χ4n) is 4.20. The number of benzene rings is 2. The van der Waals surface area contributed by atoms with Gasteiger partial charge < -0.3 is 9.88 Å². The summed E-state index contributed by atoms with van der Waals surface area (Å²) in [6, 6.07) is 21.1. The molecule has 1 aliphatic rings. The molecule has 162 valence electrons. The third-order valence-corrected chi connectivity index (χ3v) is 7.02. The molecule has 1 N–H and O–H groups in total. The molecule has 0 atom stereocenters. The predicted octanol–water partition coefficient (Wildman–Crippen LogP) is 5.27. The Morgan fingerprint density at radius 2 is 1.68 bits per heavy atom. The molecule has 0 unspecified atom stereocenters. The topological polar surface area (TPSA) is 49.0 Å². The first-order valence-electron chi connectivity index (χ1n) is 11.2. The summed E-state index contributed by atoms with van der Waals surface area (Å²) in [6.07, 6.45) is 5.40. The third-order valence-electron chi connectivity index (χ3n) is 6.16. The summed E-state index contributed by atoms with van der Waals surface area (Å²) in [6.45, 7) is 3.82. The maximum absolute atomic E-state index is 12.7. The van der Waals surface area contributed by atoms with Crippen LogP contribution in [-0.2, 0) is 17.6 Å². The maximum atomic E-state index is 12.7. The molecule has 1 fully saturated rings. The van der Waals surface area contributed by atoms with E-state index < -0.39 is 0 Å². The van der Waals surface area contributed by atoms with Gasteiger partial charge in [-0.05, 0) is 49.7 Å². The number of rotatable bonds is 8. The fourth-order valence-corrected chi connectivity index (χ4v) is 5.05. The van der Waals surface area contributed by atoms with E-state index in [-0.39, 0.29) is 5.91 Å². The number of H-pyrrole nitrogens is 1. The number of carbonyl (C=O) groups is 1. The SMILES string of the molecule is Cc1[nH]c(SCC(=O)N2CCC(CCc3ccccc3)CC2)nc1Cc1ccccc1. The molecule has 1 aliphatic heterocycles. The Labute approximate surface area is 189 Å². The third kappa shape index (κ3) is 6.23. The van der Waals surface area contributed by atoms with E-state index in [1.165, 1.54) is 29.3 Å². The van der Waals surface area contributed by atoms with Gasteiger partial charge in [-0.3, -0.25) is 4.79 Å². The lowest BCUT2D eigenvalue weighted by Gasteiger charge is -2.32. The summed E-state index contributed by atoms with van der Waals surface area (Å²) in [4.78, 5) is 22.8. The van der Waals surface area contributed by atoms with Gasteiger partial charge in [0, 0.05) is 25.2 Å². The number of aromatic amines is 1. The van der Waals surface area contributed by atoms with E-state index >= 15 is 0 Å². The highest BCUT2D eigenvalue weighted by atomic mass is 32.2. The van der Waals surface area contributed by atoms with Crippen molar-refractivity contribution in [3.05, 3.63) is 83.2 Å². The number of aryl methyl sites for hydroxylation is 2. The van der Waals surface area contributed by atoms with Crippen LogP contribution < -0.4 is 0 Å². The van der Waals surface area contributed by atoms with Crippen molar-refractivity contribution in [2.24, 2.45) is 5.92 Å². The zero-order valence-electron chi connectivity index (χ0n) is 18.2. The van der Waals surface area contributed by atoms with E-state index in [0.29, 0.717) is 5.75 Å². The van der Waals surface area contributed by atoms with Crippen LogP contribution in [0.5, 0.6) is 0 Å². The Balaban J connectivity index is 1.20. The van der Waals surface area contributed by atoms with Crippen LogP contribution in [0.25, 0.3) is 0 Å². The molecule has 1 amide bonds. The van der Waals surface area contributed by atoms with Crippen LogP contribution in [0.1, 0.15) is 41.8 Å². The highest BCUT2D eigenvalue weighted by molar-refractivity contribution is 7.99. The van der Waals surface area contributed by atoms with Crippen molar-refractivity contribution >= 4 is 17.7 Å². The average Bonchev–Trinajstić information content (AvgIpc) is 3.16. The van der Waals surface area contributed by atoms with E-state index in [9.17, 15) is 4.79 Å². The first kappa shape index (κ1) is 21.7. The minimum Gasteiger partial charge on any atom is -0.342 e. The average molecular weight is 434 g/mol. The van der Waals surface area contributed by atoms with Crippen molar-refractivity contribution < 1.29 is 4.79 Å². The fraction of sp³-hybridized carbons (Fsp3) is 0.385. The first-order chi connectivity index (χ1) is 15.2. The molecule has 1 aromatic heterocycles. The second kappa shape index (κ2) is 10.7. The maximum Gasteiger partial charge on any atom is 0.233 e. The Hall–Kier alpha value is -2.53. The van der Waals surface area contributed by atoms with Crippen LogP contribution in [0.4, 0.5) is 0 Å². The van der Waals surface area contributed by atoms with Crippen molar-refractivity contribution in [2.45, 2.75) is 44.2 Å². The van der Waals surface area contributed by atoms with Crippen LogP contribution in [0.3, 0.4) is 0 Å². The number of amides is 1. The van der Waals surface area contributed by atoms with Crippen LogP contribution >= 0.6 is 11.8 Å². The quantitative estimate of drug-likeness (QED) is 0.492. The zero-order valence-corrected chi connectivity index (χ0v) is 19.0. The number of likely N-dealkylation sites (tertiary alicyclic amines) is 1. The minimum absolute atomic E-state index is 0.227. The summed E-state index contributed by atoms with van der Waals surface area (Å²) in [5.41, 5.74) is 4.80. The van der Waals surface area contributed by atoms with Gasteiger partial charge in [-0.1, -0.05) is 72.4 Å². The molecule has 0 bridgehead atoms. The predicted molar refractivity (Wildman–Crippen MR) is 127 cm³/mol. The zero-order chi connectivity index (χ0) is 21.5. The smallest absolute Gasteiger partial charge is 0.233 e. The molecule has 31 heavy (non-hydrogen) atoms. The number of nitrogens with zero attached hydrogens (tertiary/aromatic N) is 2. The largest absolute Gasteiger partial charge is 0.342 e. The van der Waals surface area contributed by atoms with Crippen LogP contribution in [0.2, 0.25) is 0 Å². The van der Waals surface area contributed by atoms with E-state index in [0.717, 1.165) is 61.2 Å². The van der Waals surface area contributed by atoms with E-state index in [4.69, 9.17) is 4.98 Å². The van der Waals surface area contributed by atoms with Gasteiger partial charge >= 0.3 is 0 Å². The number of imidazole rings is 1. The number of nitrogens with one attached hydrogen (secondary N) is 1. The summed E-state index contributed by atoms with van der Waals surface area (Å²) >= 11 is 1.52. The van der Waals surface area contributed by atoms with Crippen molar-refractivity contribution in [3.63, 3.8) is 0 Å². The molecule has 4 nitrogen and oxygen atoms in total. The molecule has 0 saturated carbocycles. The van der Waals surface area contributed by atoms with Gasteiger partial charge in [0.15, 0.2) is 5.16 Å². The van der Waals surface area contributed by atoms with Crippen LogP contribution in [0.15, 0.2) is 65.8 Å². The molecular weight excluding hydrogens is 402 g/mol. The summed E-state index contributed by atoms with van der Waals surface area (Å²) < 4.78 is 0. The molecule has 0 spiro atoms. The number of aromatic nitrogens is 2. The molecule has 4 rings (SSSR count). The molecule has 0 radical (unpaired) electrons. The minimum atomic E-state index is 0.227. The van der Waals surface area contributed by atoms with Gasteiger partial charge in [0.2, 0.25) is 5.91 Å². The van der Waals surface area contributed by atoms with Crippen molar-refractivity contribution in [1.29, 1.82) is 0 Å². The highest BCUT2D eigenvalue weighted by Gasteiger charge is 2.23. The Kier molecular flexibility index (Phi) is 7.47. The first-order valence-corrected chi connectivity index (χ1v) is 12.2. The van der Waals surface area contributed by atoms with Crippen LogP contribution in [-0.4, -0.2) is 39.6 Å². The second-order valence-corrected chi connectivity index (χ2v) is 9.38. The molecule has 1 saturated heterocycles. The van der Waals surface area contributed by atoms with Crippen LogP contribution in [0, 0.1) is 12.8 Å². The number of hydrogen-bond acceptors (Lipinski definition) is 3. The van der Waals surface area contributed by atoms with E-state index in [1.54, 1.807) is 0 Å². The molecule has 3 aromatic rings. The lowest BCUT2D eigenvalue weighted by molar-refractivity contribution is -0.129. The molecular formula is C26H31N3OS. The molecule has 2 heterocycles. The monoisotopic (exact) mass is 433 g/mol.